The Morgan fingerprint density at radius 2 is 1.90 bits per heavy atom. The Hall–Kier alpha value is -1.03. The van der Waals surface area contributed by atoms with Crippen LogP contribution in [-0.4, -0.2) is 42.9 Å². The maximum absolute atomic E-state index is 12.7. The zero-order chi connectivity index (χ0) is 15.8. The van der Waals surface area contributed by atoms with Gasteiger partial charge in [0.2, 0.25) is 10.0 Å². The van der Waals surface area contributed by atoms with Gasteiger partial charge in [-0.1, -0.05) is 15.9 Å². The molecule has 2 atom stereocenters. The standard InChI is InChI=1S/C12H15BrN2O5S/c1-8-6-14(7-9(2)20-8)21(18,19)12-5-10(13)3-4-11(12)15(16)17/h3-5,8-9H,6-7H2,1-2H3/t8-,9+. The normalized spacial score (nSPS) is 24.0. The summed E-state index contributed by atoms with van der Waals surface area (Å²) in [5, 5.41) is 11.1. The van der Waals surface area contributed by atoms with Crippen molar-refractivity contribution in [2.75, 3.05) is 13.1 Å². The van der Waals surface area contributed by atoms with Crippen LogP contribution < -0.4 is 0 Å². The lowest BCUT2D eigenvalue weighted by molar-refractivity contribution is -0.387. The molecular weight excluding hydrogens is 364 g/mol. The minimum atomic E-state index is -3.94. The Morgan fingerprint density at radius 1 is 1.33 bits per heavy atom. The molecule has 0 aliphatic carbocycles. The summed E-state index contributed by atoms with van der Waals surface area (Å²) in [6.45, 7) is 3.90. The molecule has 0 N–H and O–H groups in total. The minimum Gasteiger partial charge on any atom is -0.373 e. The van der Waals surface area contributed by atoms with E-state index in [2.05, 4.69) is 15.9 Å². The smallest absolute Gasteiger partial charge is 0.289 e. The van der Waals surface area contributed by atoms with Gasteiger partial charge in [0.1, 0.15) is 0 Å². The Labute approximate surface area is 131 Å². The van der Waals surface area contributed by atoms with Crippen molar-refractivity contribution in [3.63, 3.8) is 0 Å². The second-order valence-electron chi connectivity index (χ2n) is 4.95. The molecule has 9 heteroatoms. The van der Waals surface area contributed by atoms with Crippen LogP contribution in [0.5, 0.6) is 0 Å². The van der Waals surface area contributed by atoms with Gasteiger partial charge in [-0.3, -0.25) is 10.1 Å². The molecule has 0 aromatic heterocycles. The lowest BCUT2D eigenvalue weighted by Gasteiger charge is -2.34. The molecule has 0 unspecified atom stereocenters. The van der Waals surface area contributed by atoms with Crippen molar-refractivity contribution >= 4 is 31.6 Å². The molecule has 0 amide bonds. The zero-order valence-electron chi connectivity index (χ0n) is 11.5. The third kappa shape index (κ3) is 3.42. The van der Waals surface area contributed by atoms with E-state index in [0.29, 0.717) is 4.47 Å². The molecule has 1 aliphatic rings. The largest absolute Gasteiger partial charge is 0.373 e. The van der Waals surface area contributed by atoms with Crippen molar-refractivity contribution in [3.8, 4) is 0 Å². The van der Waals surface area contributed by atoms with Crippen molar-refractivity contribution in [3.05, 3.63) is 32.8 Å². The van der Waals surface area contributed by atoms with Crippen LogP contribution in [0.2, 0.25) is 0 Å². The molecule has 1 aromatic rings. The summed E-state index contributed by atoms with van der Waals surface area (Å²) in [5.74, 6) is 0. The fourth-order valence-electron chi connectivity index (χ4n) is 2.31. The first-order chi connectivity index (χ1) is 9.71. The number of benzene rings is 1. The van der Waals surface area contributed by atoms with Gasteiger partial charge in [-0.25, -0.2) is 8.42 Å². The molecule has 21 heavy (non-hydrogen) atoms. The fourth-order valence-corrected chi connectivity index (χ4v) is 4.60. The van der Waals surface area contributed by atoms with Gasteiger partial charge in [0.15, 0.2) is 4.90 Å². The first-order valence-electron chi connectivity index (χ1n) is 6.31. The minimum absolute atomic E-state index is 0.177. The number of morpholine rings is 1. The predicted molar refractivity (Wildman–Crippen MR) is 79.6 cm³/mol. The summed E-state index contributed by atoms with van der Waals surface area (Å²) in [6.07, 6.45) is -0.510. The van der Waals surface area contributed by atoms with Crippen molar-refractivity contribution in [2.45, 2.75) is 31.0 Å². The second kappa shape index (κ2) is 5.99. The van der Waals surface area contributed by atoms with E-state index in [-0.39, 0.29) is 30.2 Å². The van der Waals surface area contributed by atoms with Crippen molar-refractivity contribution in [2.24, 2.45) is 0 Å². The van der Waals surface area contributed by atoms with E-state index in [1.54, 1.807) is 13.8 Å². The van der Waals surface area contributed by atoms with Crippen LogP contribution in [0.15, 0.2) is 27.6 Å². The van der Waals surface area contributed by atoms with E-state index in [9.17, 15) is 18.5 Å². The third-order valence-corrected chi connectivity index (χ3v) is 5.48. The van der Waals surface area contributed by atoms with Crippen LogP contribution >= 0.6 is 15.9 Å². The number of sulfonamides is 1. The van der Waals surface area contributed by atoms with E-state index in [4.69, 9.17) is 4.74 Å². The monoisotopic (exact) mass is 378 g/mol. The fraction of sp³-hybridized carbons (Fsp3) is 0.500. The molecule has 116 valence electrons. The highest BCUT2D eigenvalue weighted by Gasteiger charge is 2.36. The summed E-state index contributed by atoms with van der Waals surface area (Å²) >= 11 is 3.16. The summed E-state index contributed by atoms with van der Waals surface area (Å²) in [6, 6.07) is 3.89. The van der Waals surface area contributed by atoms with Crippen LogP contribution in [0, 0.1) is 10.1 Å². The lowest BCUT2D eigenvalue weighted by Crippen LogP contribution is -2.48. The highest BCUT2D eigenvalue weighted by molar-refractivity contribution is 9.10. The predicted octanol–water partition coefficient (Wildman–Crippen LogP) is 2.16. The van der Waals surface area contributed by atoms with Crippen LogP contribution in [-0.2, 0) is 14.8 Å². The Balaban J connectivity index is 2.49. The van der Waals surface area contributed by atoms with Gasteiger partial charge in [-0.15, -0.1) is 0 Å². The molecule has 1 aromatic carbocycles. The molecule has 7 nitrogen and oxygen atoms in total. The zero-order valence-corrected chi connectivity index (χ0v) is 13.9. The molecule has 1 aliphatic heterocycles. The van der Waals surface area contributed by atoms with Crippen molar-refractivity contribution in [1.29, 1.82) is 0 Å². The topological polar surface area (TPSA) is 89.8 Å². The summed E-state index contributed by atoms with van der Waals surface area (Å²) in [5.41, 5.74) is -0.426. The van der Waals surface area contributed by atoms with Gasteiger partial charge in [0.25, 0.3) is 5.69 Å². The molecule has 0 radical (unpaired) electrons. The Bertz CT molecular complexity index is 654. The number of nitro benzene ring substituents is 1. The molecule has 0 saturated carbocycles. The van der Waals surface area contributed by atoms with E-state index in [0.717, 1.165) is 0 Å². The SMILES string of the molecule is C[C@@H]1CN(S(=O)(=O)c2cc(Br)ccc2[N+](=O)[O-])C[C@H](C)O1. The Kier molecular flexibility index (Phi) is 4.66. The quantitative estimate of drug-likeness (QED) is 0.593. The van der Waals surface area contributed by atoms with E-state index < -0.39 is 20.6 Å². The molecular formula is C12H15BrN2O5S. The summed E-state index contributed by atoms with van der Waals surface area (Å²) < 4.78 is 32.6. The average Bonchev–Trinajstić information content (AvgIpc) is 2.37. The van der Waals surface area contributed by atoms with Crippen LogP contribution in [0.3, 0.4) is 0 Å². The molecule has 1 fully saturated rings. The van der Waals surface area contributed by atoms with Gasteiger partial charge in [-0.05, 0) is 26.0 Å². The molecule has 0 spiro atoms. The second-order valence-corrected chi connectivity index (χ2v) is 7.77. The summed E-state index contributed by atoms with van der Waals surface area (Å²) in [4.78, 5) is 10.1. The van der Waals surface area contributed by atoms with E-state index in [1.807, 2.05) is 0 Å². The number of halogens is 1. The highest BCUT2D eigenvalue weighted by Crippen LogP contribution is 2.31. The number of hydrogen-bond acceptors (Lipinski definition) is 5. The third-order valence-electron chi connectivity index (χ3n) is 3.12. The lowest BCUT2D eigenvalue weighted by atomic mass is 10.3. The molecule has 0 bridgehead atoms. The molecule has 1 heterocycles. The summed E-state index contributed by atoms with van der Waals surface area (Å²) in [7, 11) is -3.94. The number of hydrogen-bond donors (Lipinski definition) is 0. The maximum atomic E-state index is 12.7. The van der Waals surface area contributed by atoms with Gasteiger partial charge < -0.3 is 4.74 Å². The van der Waals surface area contributed by atoms with Crippen LogP contribution in [0.1, 0.15) is 13.8 Å². The van der Waals surface area contributed by atoms with E-state index >= 15 is 0 Å². The van der Waals surface area contributed by atoms with Gasteiger partial charge in [-0.2, -0.15) is 4.31 Å². The van der Waals surface area contributed by atoms with E-state index in [1.165, 1.54) is 22.5 Å². The van der Waals surface area contributed by atoms with Gasteiger partial charge in [0, 0.05) is 23.6 Å². The van der Waals surface area contributed by atoms with Gasteiger partial charge >= 0.3 is 0 Å². The molecule has 1 saturated heterocycles. The maximum Gasteiger partial charge on any atom is 0.289 e. The first kappa shape index (κ1) is 16.3. The van der Waals surface area contributed by atoms with Gasteiger partial charge in [0.05, 0.1) is 17.1 Å². The Morgan fingerprint density at radius 3 is 2.43 bits per heavy atom. The van der Waals surface area contributed by atoms with Crippen molar-refractivity contribution in [1.82, 2.24) is 4.31 Å². The number of nitro groups is 1. The highest BCUT2D eigenvalue weighted by atomic mass is 79.9. The molecule has 2 rings (SSSR count). The van der Waals surface area contributed by atoms with Crippen LogP contribution in [0.4, 0.5) is 5.69 Å². The average molecular weight is 379 g/mol. The number of ether oxygens (including phenoxy) is 1. The number of rotatable bonds is 3. The first-order valence-corrected chi connectivity index (χ1v) is 8.54. The van der Waals surface area contributed by atoms with Crippen LogP contribution in [0.25, 0.3) is 0 Å². The number of nitrogens with zero attached hydrogens (tertiary/aromatic N) is 2. The van der Waals surface area contributed by atoms with Crippen molar-refractivity contribution < 1.29 is 18.1 Å².